The van der Waals surface area contributed by atoms with Crippen molar-refractivity contribution in [2.45, 2.75) is 128 Å². The van der Waals surface area contributed by atoms with Gasteiger partial charge >= 0.3 is 6.18 Å². The molecule has 0 amide bonds. The Bertz CT molecular complexity index is 346. The Balaban J connectivity index is 1.73. The van der Waals surface area contributed by atoms with E-state index in [1.54, 1.807) is 0 Å². The van der Waals surface area contributed by atoms with Crippen LogP contribution in [0.1, 0.15) is 122 Å². The van der Waals surface area contributed by atoms with E-state index in [4.69, 9.17) is 0 Å². The molecular formula is C22H39F3O. The van der Waals surface area contributed by atoms with Crippen molar-refractivity contribution in [3.05, 3.63) is 0 Å². The first-order chi connectivity index (χ1) is 12.5. The molecular weight excluding hydrogens is 337 g/mol. The summed E-state index contributed by atoms with van der Waals surface area (Å²) in [7, 11) is 0. The summed E-state index contributed by atoms with van der Waals surface area (Å²) < 4.78 is 36.0. The van der Waals surface area contributed by atoms with E-state index in [0.717, 1.165) is 38.5 Å². The molecule has 1 saturated carbocycles. The van der Waals surface area contributed by atoms with E-state index in [1.165, 1.54) is 64.2 Å². The third-order valence-electron chi connectivity index (χ3n) is 5.66. The molecule has 1 nitrogen and oxygen atoms in total. The van der Waals surface area contributed by atoms with E-state index in [9.17, 15) is 18.0 Å². The third-order valence-corrected chi connectivity index (χ3v) is 5.66. The quantitative estimate of drug-likeness (QED) is 0.248. The van der Waals surface area contributed by atoms with Crippen molar-refractivity contribution in [2.24, 2.45) is 5.92 Å². The normalized spacial score (nSPS) is 15.7. The van der Waals surface area contributed by atoms with Crippen LogP contribution in [0, 0.1) is 5.92 Å². The minimum absolute atomic E-state index is 0.284. The minimum Gasteiger partial charge on any atom is -0.300 e. The van der Waals surface area contributed by atoms with Gasteiger partial charge in [-0.25, -0.2) is 0 Å². The maximum atomic E-state index is 12.0. The molecule has 0 bridgehead atoms. The monoisotopic (exact) mass is 376 g/mol. The zero-order valence-electron chi connectivity index (χ0n) is 16.6. The van der Waals surface area contributed by atoms with Gasteiger partial charge in [-0.1, -0.05) is 89.9 Å². The lowest BCUT2D eigenvalue weighted by Gasteiger charge is -2.07. The van der Waals surface area contributed by atoms with Crippen molar-refractivity contribution in [1.29, 1.82) is 0 Å². The van der Waals surface area contributed by atoms with Gasteiger partial charge in [-0.3, -0.25) is 4.79 Å². The summed E-state index contributed by atoms with van der Waals surface area (Å²) in [4.78, 5) is 11.9. The number of rotatable bonds is 16. The van der Waals surface area contributed by atoms with Crippen LogP contribution in [-0.2, 0) is 4.79 Å². The molecule has 0 N–H and O–H groups in total. The largest absolute Gasteiger partial charge is 0.389 e. The van der Waals surface area contributed by atoms with Gasteiger partial charge in [0, 0.05) is 19.3 Å². The molecule has 0 unspecified atom stereocenters. The summed E-state index contributed by atoms with van der Waals surface area (Å²) in [5, 5.41) is 0. The molecule has 1 rings (SSSR count). The molecule has 0 heterocycles. The third kappa shape index (κ3) is 14.6. The maximum Gasteiger partial charge on any atom is 0.389 e. The number of hydrogen-bond acceptors (Lipinski definition) is 1. The van der Waals surface area contributed by atoms with Crippen molar-refractivity contribution in [3.8, 4) is 0 Å². The van der Waals surface area contributed by atoms with Gasteiger partial charge < -0.3 is 0 Å². The number of hydrogen-bond donors (Lipinski definition) is 0. The van der Waals surface area contributed by atoms with Crippen molar-refractivity contribution in [1.82, 2.24) is 0 Å². The van der Waals surface area contributed by atoms with Crippen LogP contribution in [0.25, 0.3) is 0 Å². The zero-order valence-corrected chi connectivity index (χ0v) is 16.6. The lowest BCUT2D eigenvalue weighted by Crippen LogP contribution is -2.06. The standard InChI is InChI=1S/C22H39F3O/c23-22(24,25)18-14-10-8-6-4-2-1-3-5-7-9-11-17-21(26)19-20-15-12-13-16-20/h20H,1-19H2. The van der Waals surface area contributed by atoms with Gasteiger partial charge in [0.2, 0.25) is 0 Å². The molecule has 26 heavy (non-hydrogen) atoms. The van der Waals surface area contributed by atoms with Gasteiger partial charge in [0.1, 0.15) is 5.78 Å². The van der Waals surface area contributed by atoms with Gasteiger partial charge in [0.05, 0.1) is 0 Å². The van der Waals surface area contributed by atoms with E-state index < -0.39 is 12.6 Å². The Kier molecular flexibility index (Phi) is 13.1. The fourth-order valence-electron chi connectivity index (χ4n) is 4.05. The molecule has 1 fully saturated rings. The van der Waals surface area contributed by atoms with Crippen LogP contribution in [0.3, 0.4) is 0 Å². The van der Waals surface area contributed by atoms with Crippen molar-refractivity contribution >= 4 is 5.78 Å². The summed E-state index contributed by atoms with van der Waals surface area (Å²) in [5.41, 5.74) is 0. The second-order valence-electron chi connectivity index (χ2n) is 8.25. The Morgan fingerprint density at radius 2 is 1.12 bits per heavy atom. The zero-order chi connectivity index (χ0) is 19.1. The fourth-order valence-corrected chi connectivity index (χ4v) is 4.05. The highest BCUT2D eigenvalue weighted by Gasteiger charge is 2.25. The van der Waals surface area contributed by atoms with E-state index in [-0.39, 0.29) is 6.42 Å². The summed E-state index contributed by atoms with van der Waals surface area (Å²) in [6.07, 6.45) is 14.7. The highest BCUT2D eigenvalue weighted by molar-refractivity contribution is 5.78. The summed E-state index contributed by atoms with van der Waals surface area (Å²) >= 11 is 0. The van der Waals surface area contributed by atoms with E-state index in [1.807, 2.05) is 0 Å². The van der Waals surface area contributed by atoms with Gasteiger partial charge in [0.15, 0.2) is 0 Å². The molecule has 0 radical (unpaired) electrons. The number of ketones is 1. The Hall–Kier alpha value is -0.540. The number of carbonyl (C=O) groups excluding carboxylic acids is 1. The van der Waals surface area contributed by atoms with Gasteiger partial charge in [-0.05, 0) is 18.8 Å². The van der Waals surface area contributed by atoms with Crippen molar-refractivity contribution in [2.75, 3.05) is 0 Å². The van der Waals surface area contributed by atoms with E-state index in [2.05, 4.69) is 0 Å². The van der Waals surface area contributed by atoms with Crippen LogP contribution in [0.4, 0.5) is 13.2 Å². The highest BCUT2D eigenvalue weighted by Crippen LogP contribution is 2.28. The maximum absolute atomic E-state index is 12.0. The number of Topliss-reactive ketones (excluding diaryl/α,β-unsaturated/α-hetero) is 1. The lowest BCUT2D eigenvalue weighted by molar-refractivity contribution is -0.135. The molecule has 0 aromatic rings. The van der Waals surface area contributed by atoms with E-state index in [0.29, 0.717) is 18.1 Å². The second kappa shape index (κ2) is 14.5. The van der Waals surface area contributed by atoms with Crippen LogP contribution in [0.2, 0.25) is 0 Å². The van der Waals surface area contributed by atoms with Crippen LogP contribution in [-0.4, -0.2) is 12.0 Å². The minimum atomic E-state index is -3.98. The predicted octanol–water partition coefficient (Wildman–Crippen LogP) is 8.16. The van der Waals surface area contributed by atoms with Crippen molar-refractivity contribution < 1.29 is 18.0 Å². The molecule has 154 valence electrons. The van der Waals surface area contributed by atoms with Gasteiger partial charge in [0.25, 0.3) is 0 Å². The summed E-state index contributed by atoms with van der Waals surface area (Å²) in [6.45, 7) is 0. The Morgan fingerprint density at radius 1 is 0.692 bits per heavy atom. The van der Waals surface area contributed by atoms with E-state index >= 15 is 0 Å². The first kappa shape index (κ1) is 23.5. The number of unbranched alkanes of at least 4 members (excludes halogenated alkanes) is 11. The SMILES string of the molecule is O=C(CCCCCCCCCCCCCCC(F)(F)F)CC1CCCC1. The summed E-state index contributed by atoms with van der Waals surface area (Å²) in [5.74, 6) is 1.17. The first-order valence-electron chi connectivity index (χ1n) is 11.1. The van der Waals surface area contributed by atoms with Crippen molar-refractivity contribution in [3.63, 3.8) is 0 Å². The molecule has 0 aromatic heterocycles. The molecule has 0 aromatic carbocycles. The fraction of sp³-hybridized carbons (Fsp3) is 0.955. The number of carbonyl (C=O) groups is 1. The van der Waals surface area contributed by atoms with Crippen LogP contribution >= 0.6 is 0 Å². The van der Waals surface area contributed by atoms with Crippen LogP contribution in [0.5, 0.6) is 0 Å². The molecule has 0 spiro atoms. The van der Waals surface area contributed by atoms with Gasteiger partial charge in [-0.2, -0.15) is 13.2 Å². The number of halogens is 3. The van der Waals surface area contributed by atoms with Crippen LogP contribution in [0.15, 0.2) is 0 Å². The molecule has 0 saturated heterocycles. The molecule has 1 aliphatic rings. The van der Waals surface area contributed by atoms with Gasteiger partial charge in [-0.15, -0.1) is 0 Å². The highest BCUT2D eigenvalue weighted by atomic mass is 19.4. The second-order valence-corrected chi connectivity index (χ2v) is 8.25. The average Bonchev–Trinajstić information content (AvgIpc) is 3.07. The average molecular weight is 377 g/mol. The number of alkyl halides is 3. The smallest absolute Gasteiger partial charge is 0.300 e. The molecule has 4 heteroatoms. The first-order valence-corrected chi connectivity index (χ1v) is 11.1. The molecule has 0 aliphatic heterocycles. The topological polar surface area (TPSA) is 17.1 Å². The summed E-state index contributed by atoms with van der Waals surface area (Å²) in [6, 6.07) is 0. The Labute approximate surface area is 158 Å². The Morgan fingerprint density at radius 3 is 1.58 bits per heavy atom. The molecule has 1 aliphatic carbocycles. The predicted molar refractivity (Wildman–Crippen MR) is 102 cm³/mol. The van der Waals surface area contributed by atoms with Crippen LogP contribution < -0.4 is 0 Å². The lowest BCUT2D eigenvalue weighted by atomic mass is 9.97. The molecule has 0 atom stereocenters.